The van der Waals surface area contributed by atoms with Crippen LogP contribution in [0, 0.1) is 0 Å². The van der Waals surface area contributed by atoms with Crippen molar-refractivity contribution in [1.82, 2.24) is 5.32 Å². The van der Waals surface area contributed by atoms with E-state index in [1.54, 1.807) is 18.9 Å². The lowest BCUT2D eigenvalue weighted by Crippen LogP contribution is -2.40. The van der Waals surface area contributed by atoms with Crippen molar-refractivity contribution in [2.75, 3.05) is 19.1 Å². The van der Waals surface area contributed by atoms with Gasteiger partial charge in [-0.05, 0) is 35.3 Å². The first-order valence-corrected chi connectivity index (χ1v) is 8.63. The van der Waals surface area contributed by atoms with Crippen molar-refractivity contribution in [1.29, 1.82) is 0 Å². The van der Waals surface area contributed by atoms with E-state index in [9.17, 15) is 4.79 Å². The second kappa shape index (κ2) is 8.06. The molecule has 0 radical (unpaired) electrons. The van der Waals surface area contributed by atoms with Crippen molar-refractivity contribution < 1.29 is 9.53 Å². The Hall–Kier alpha value is -1.72. The highest BCUT2D eigenvalue weighted by Gasteiger charge is 2.14. The van der Waals surface area contributed by atoms with E-state index in [1.807, 2.05) is 42.7 Å². The number of amides is 1. The Morgan fingerprint density at radius 2 is 2.09 bits per heavy atom. The fourth-order valence-corrected chi connectivity index (χ4v) is 2.86. The van der Waals surface area contributed by atoms with Crippen LogP contribution in [0.3, 0.4) is 0 Å². The fraction of sp³-hybridized carbons (Fsp3) is 0.353. The summed E-state index contributed by atoms with van der Waals surface area (Å²) in [6.07, 6.45) is 2.69. The molecule has 118 valence electrons. The molecule has 0 fully saturated rings. The molecule has 5 heteroatoms. The zero-order chi connectivity index (χ0) is 15.9. The van der Waals surface area contributed by atoms with Gasteiger partial charge in [0.05, 0.1) is 13.2 Å². The molecule has 0 aliphatic carbocycles. The Morgan fingerprint density at radius 1 is 1.32 bits per heavy atom. The summed E-state index contributed by atoms with van der Waals surface area (Å²) in [7, 11) is 1.64. The largest absolute Gasteiger partial charge is 0.496 e. The summed E-state index contributed by atoms with van der Waals surface area (Å²) in [6.45, 7) is 0.413. The lowest BCUT2D eigenvalue weighted by Gasteiger charge is -2.15. The van der Waals surface area contributed by atoms with E-state index in [-0.39, 0.29) is 5.91 Å². The number of benzene rings is 2. The van der Waals surface area contributed by atoms with Gasteiger partial charge in [0.25, 0.3) is 0 Å². The van der Waals surface area contributed by atoms with E-state index in [0.29, 0.717) is 13.0 Å². The lowest BCUT2D eigenvalue weighted by molar-refractivity contribution is -0.122. The van der Waals surface area contributed by atoms with Gasteiger partial charge in [-0.1, -0.05) is 30.3 Å². The van der Waals surface area contributed by atoms with E-state index in [0.717, 1.165) is 27.8 Å². The summed E-state index contributed by atoms with van der Waals surface area (Å²) in [4.78, 5) is 12.1. The smallest absolute Gasteiger partial charge is 0.237 e. The number of nitrogens with two attached hydrogens (primary N) is 1. The molecule has 0 aromatic heterocycles. The van der Waals surface area contributed by atoms with Gasteiger partial charge in [0, 0.05) is 12.1 Å². The molecule has 2 aromatic carbocycles. The molecule has 3 N–H and O–H groups in total. The molecule has 0 unspecified atom stereocenters. The zero-order valence-electron chi connectivity index (χ0n) is 13.0. The molecule has 0 saturated carbocycles. The minimum atomic E-state index is -0.464. The standard InChI is InChI=1S/C17H22N2O2S/c1-21-16-8-7-12-5-3-4-6-13(12)14(16)11-19-17(20)15(18)9-10-22-2/h3-8,15H,9-11,18H2,1-2H3,(H,19,20)/t15-/m0/s1. The highest BCUT2D eigenvalue weighted by Crippen LogP contribution is 2.27. The van der Waals surface area contributed by atoms with Crippen LogP contribution in [0.4, 0.5) is 0 Å². The Kier molecular flexibility index (Phi) is 6.10. The molecule has 1 amide bonds. The summed E-state index contributed by atoms with van der Waals surface area (Å²) in [5.74, 6) is 1.53. The van der Waals surface area contributed by atoms with Crippen molar-refractivity contribution in [3.8, 4) is 5.75 Å². The molecule has 0 aliphatic heterocycles. The van der Waals surface area contributed by atoms with Gasteiger partial charge in [-0.15, -0.1) is 0 Å². The molecule has 0 aliphatic rings. The molecule has 2 aromatic rings. The number of nitrogens with one attached hydrogen (secondary N) is 1. The lowest BCUT2D eigenvalue weighted by atomic mass is 10.0. The van der Waals surface area contributed by atoms with Crippen LogP contribution in [0.25, 0.3) is 10.8 Å². The fourth-order valence-electron chi connectivity index (χ4n) is 2.37. The van der Waals surface area contributed by atoms with E-state index in [1.165, 1.54) is 0 Å². The van der Waals surface area contributed by atoms with Crippen molar-refractivity contribution in [3.63, 3.8) is 0 Å². The summed E-state index contributed by atoms with van der Waals surface area (Å²) >= 11 is 1.69. The molecular weight excluding hydrogens is 296 g/mol. The Bertz CT molecular complexity index is 646. The summed E-state index contributed by atoms with van der Waals surface area (Å²) in [5, 5.41) is 5.13. The molecule has 0 heterocycles. The molecule has 0 spiro atoms. The minimum Gasteiger partial charge on any atom is -0.496 e. The predicted octanol–water partition coefficient (Wildman–Crippen LogP) is 2.55. The van der Waals surface area contributed by atoms with Crippen LogP contribution in [-0.4, -0.2) is 31.1 Å². The number of carbonyl (C=O) groups excluding carboxylic acids is 1. The maximum Gasteiger partial charge on any atom is 0.237 e. The minimum absolute atomic E-state index is 0.121. The third-order valence-electron chi connectivity index (χ3n) is 3.63. The Balaban J connectivity index is 2.15. The average molecular weight is 318 g/mol. The highest BCUT2D eigenvalue weighted by molar-refractivity contribution is 7.98. The Morgan fingerprint density at radius 3 is 2.82 bits per heavy atom. The highest BCUT2D eigenvalue weighted by atomic mass is 32.2. The number of ether oxygens (including phenoxy) is 1. The van der Waals surface area contributed by atoms with Gasteiger partial charge in [0.15, 0.2) is 0 Å². The van der Waals surface area contributed by atoms with Crippen molar-refractivity contribution in [3.05, 3.63) is 42.0 Å². The molecule has 2 rings (SSSR count). The SMILES string of the molecule is COc1ccc2ccccc2c1CNC(=O)[C@@H](N)CCSC. The summed E-state index contributed by atoms with van der Waals surface area (Å²) in [5.41, 5.74) is 6.87. The van der Waals surface area contributed by atoms with Crippen LogP contribution < -0.4 is 15.8 Å². The molecule has 0 bridgehead atoms. The van der Waals surface area contributed by atoms with Gasteiger partial charge < -0.3 is 15.8 Å². The second-order valence-corrected chi connectivity index (χ2v) is 6.06. The normalized spacial score (nSPS) is 12.1. The molecular formula is C17H22N2O2S. The first-order chi connectivity index (χ1) is 10.7. The van der Waals surface area contributed by atoms with Gasteiger partial charge in [0.2, 0.25) is 5.91 Å². The summed E-state index contributed by atoms with van der Waals surface area (Å²) < 4.78 is 5.43. The van der Waals surface area contributed by atoms with E-state index in [2.05, 4.69) is 5.32 Å². The third kappa shape index (κ3) is 3.93. The molecule has 4 nitrogen and oxygen atoms in total. The molecule has 0 saturated heterocycles. The van der Waals surface area contributed by atoms with Crippen LogP contribution in [0.5, 0.6) is 5.75 Å². The van der Waals surface area contributed by atoms with E-state index >= 15 is 0 Å². The van der Waals surface area contributed by atoms with Crippen LogP contribution in [0.15, 0.2) is 36.4 Å². The average Bonchev–Trinajstić information content (AvgIpc) is 2.56. The predicted molar refractivity (Wildman–Crippen MR) is 93.3 cm³/mol. The monoisotopic (exact) mass is 318 g/mol. The van der Waals surface area contributed by atoms with Gasteiger partial charge in [-0.25, -0.2) is 0 Å². The van der Waals surface area contributed by atoms with E-state index < -0.39 is 6.04 Å². The van der Waals surface area contributed by atoms with Crippen molar-refractivity contribution in [2.45, 2.75) is 19.0 Å². The van der Waals surface area contributed by atoms with Crippen molar-refractivity contribution >= 4 is 28.4 Å². The number of thioether (sulfide) groups is 1. The first kappa shape index (κ1) is 16.6. The number of rotatable bonds is 7. The number of hydrogen-bond donors (Lipinski definition) is 2. The Labute approximate surface area is 135 Å². The summed E-state index contributed by atoms with van der Waals surface area (Å²) in [6, 6.07) is 11.5. The van der Waals surface area contributed by atoms with E-state index in [4.69, 9.17) is 10.5 Å². The van der Waals surface area contributed by atoms with Crippen molar-refractivity contribution in [2.24, 2.45) is 5.73 Å². The van der Waals surface area contributed by atoms with Gasteiger partial charge >= 0.3 is 0 Å². The second-order valence-electron chi connectivity index (χ2n) is 5.07. The van der Waals surface area contributed by atoms with Gasteiger partial charge in [-0.2, -0.15) is 11.8 Å². The topological polar surface area (TPSA) is 64.3 Å². The number of methoxy groups -OCH3 is 1. The van der Waals surface area contributed by atoms with Crippen LogP contribution in [-0.2, 0) is 11.3 Å². The molecule has 22 heavy (non-hydrogen) atoms. The van der Waals surface area contributed by atoms with Gasteiger partial charge in [0.1, 0.15) is 5.75 Å². The third-order valence-corrected chi connectivity index (χ3v) is 4.27. The van der Waals surface area contributed by atoms with Gasteiger partial charge in [-0.3, -0.25) is 4.79 Å². The number of hydrogen-bond acceptors (Lipinski definition) is 4. The molecule has 1 atom stereocenters. The maximum absolute atomic E-state index is 12.1. The van der Waals surface area contributed by atoms with Crippen LogP contribution in [0.1, 0.15) is 12.0 Å². The first-order valence-electron chi connectivity index (χ1n) is 7.24. The number of carbonyl (C=O) groups is 1. The number of fused-ring (bicyclic) bond motifs is 1. The van der Waals surface area contributed by atoms with Crippen LogP contribution in [0.2, 0.25) is 0 Å². The quantitative estimate of drug-likeness (QED) is 0.823. The zero-order valence-corrected chi connectivity index (χ0v) is 13.8. The van der Waals surface area contributed by atoms with Crippen LogP contribution >= 0.6 is 11.8 Å². The maximum atomic E-state index is 12.1.